The number of nitrogens with one attached hydrogen (secondary N) is 3. The van der Waals surface area contributed by atoms with Crippen LogP contribution in [0.15, 0.2) is 41.3 Å². The molecule has 0 bridgehead atoms. The van der Waals surface area contributed by atoms with E-state index in [1.165, 1.54) is 29.9 Å². The first-order chi connectivity index (χ1) is 32.1. The highest BCUT2D eigenvalue weighted by atomic mass is 35.5. The molecule has 4 fully saturated rings. The second-order valence-electron chi connectivity index (χ2n) is 18.3. The van der Waals surface area contributed by atoms with Crippen molar-refractivity contribution in [3.05, 3.63) is 74.4 Å². The summed E-state index contributed by atoms with van der Waals surface area (Å²) in [5, 5.41) is 8.04. The lowest BCUT2D eigenvalue weighted by atomic mass is 9.86. The zero-order chi connectivity index (χ0) is 47.4. The van der Waals surface area contributed by atoms with Crippen molar-refractivity contribution in [3.8, 4) is 5.75 Å². The number of hydrogen-bond acceptors (Lipinski definition) is 14. The number of carbonyl (C=O) groups is 5. The quantitative estimate of drug-likeness (QED) is 0.168. The number of fused-ring (bicyclic) bond motifs is 2. The number of rotatable bonds is 12. The molecule has 1 saturated carbocycles. The predicted octanol–water partition coefficient (Wildman–Crippen LogP) is 4.47. The maximum absolute atomic E-state index is 16.2. The van der Waals surface area contributed by atoms with E-state index in [4.69, 9.17) is 21.1 Å². The van der Waals surface area contributed by atoms with Gasteiger partial charge in [-0.25, -0.2) is 9.37 Å². The summed E-state index contributed by atoms with van der Waals surface area (Å²) in [5.74, 6) is -2.58. The fourth-order valence-electron chi connectivity index (χ4n) is 10.1. The molecule has 0 spiro atoms. The molecular formula is C47H54ClFN10O8. The Labute approximate surface area is 391 Å². The number of piperazine rings is 1. The number of aromatic nitrogens is 3. The monoisotopic (exact) mass is 940 g/mol. The summed E-state index contributed by atoms with van der Waals surface area (Å²) in [6.45, 7) is 11.0. The molecule has 354 valence electrons. The van der Waals surface area contributed by atoms with Crippen LogP contribution in [0.3, 0.4) is 0 Å². The number of hydrogen-bond donors (Lipinski definition) is 3. The summed E-state index contributed by atoms with van der Waals surface area (Å²) in [7, 11) is 1.45. The topological polar surface area (TPSA) is 201 Å². The van der Waals surface area contributed by atoms with Crippen molar-refractivity contribution in [1.29, 1.82) is 0 Å². The van der Waals surface area contributed by atoms with Gasteiger partial charge in [-0.2, -0.15) is 4.98 Å². The molecule has 4 aliphatic heterocycles. The minimum Gasteiger partial charge on any atom is -0.478 e. The summed E-state index contributed by atoms with van der Waals surface area (Å²) >= 11 is 6.54. The van der Waals surface area contributed by atoms with Crippen LogP contribution in [0.1, 0.15) is 91.6 Å². The molecule has 5 amide bonds. The van der Waals surface area contributed by atoms with Gasteiger partial charge in [-0.3, -0.25) is 43.9 Å². The molecule has 4 aromatic rings. The lowest BCUT2D eigenvalue weighted by Gasteiger charge is -2.50. The van der Waals surface area contributed by atoms with E-state index in [2.05, 4.69) is 47.5 Å². The Morgan fingerprint density at radius 3 is 2.46 bits per heavy atom. The minimum atomic E-state index is -1.00. The van der Waals surface area contributed by atoms with Gasteiger partial charge in [0.2, 0.25) is 17.8 Å². The first kappa shape index (κ1) is 46.0. The van der Waals surface area contributed by atoms with Crippen LogP contribution in [0.5, 0.6) is 5.75 Å². The predicted molar refractivity (Wildman–Crippen MR) is 248 cm³/mol. The van der Waals surface area contributed by atoms with Crippen molar-refractivity contribution < 1.29 is 37.8 Å². The van der Waals surface area contributed by atoms with Crippen molar-refractivity contribution in [2.24, 2.45) is 0 Å². The zero-order valence-electron chi connectivity index (χ0n) is 38.1. The molecule has 2 aromatic carbocycles. The molecule has 1 unspecified atom stereocenters. The molecule has 3 N–H and O–H groups in total. The highest BCUT2D eigenvalue weighted by molar-refractivity contribution is 6.33. The van der Waals surface area contributed by atoms with E-state index in [9.17, 15) is 28.8 Å². The number of ether oxygens (including phenoxy) is 2. The van der Waals surface area contributed by atoms with Gasteiger partial charge in [0.25, 0.3) is 23.3 Å². The van der Waals surface area contributed by atoms with Crippen LogP contribution in [0.25, 0.3) is 10.9 Å². The van der Waals surface area contributed by atoms with Crippen LogP contribution in [0, 0.1) is 12.7 Å². The average molecular weight is 941 g/mol. The fourth-order valence-corrected chi connectivity index (χ4v) is 10.2. The lowest BCUT2D eigenvalue weighted by Crippen LogP contribution is -2.59. The van der Waals surface area contributed by atoms with E-state index < -0.39 is 53.6 Å². The number of carbonyl (C=O) groups excluding carboxylic acids is 5. The van der Waals surface area contributed by atoms with E-state index in [0.717, 1.165) is 55.9 Å². The Balaban J connectivity index is 0.772. The maximum Gasteiger partial charge on any atom is 0.293 e. The van der Waals surface area contributed by atoms with Gasteiger partial charge in [-0.15, -0.1) is 0 Å². The van der Waals surface area contributed by atoms with Gasteiger partial charge in [-0.05, 0) is 95.7 Å². The number of halogens is 2. The molecule has 2 atom stereocenters. The molecule has 2 aromatic heterocycles. The van der Waals surface area contributed by atoms with Crippen LogP contribution in [-0.2, 0) is 19.1 Å². The second kappa shape index (κ2) is 18.5. The Morgan fingerprint density at radius 2 is 1.76 bits per heavy atom. The van der Waals surface area contributed by atoms with Gasteiger partial charge in [-0.1, -0.05) is 11.6 Å². The van der Waals surface area contributed by atoms with Gasteiger partial charge >= 0.3 is 0 Å². The SMILES string of the molecule is CNC(=O)COc1cc2c(F)c(Nc3nc(N4CCC(OC5CC(N6CCN(c7ccc8c(c7C)C(=O)N(C7CCC(=O)NC7=O)C8=O)[C@H](C)C6)C5)CC4)ncc3Cl)ccc2n(C(C)C)c1=O. The van der Waals surface area contributed by atoms with Crippen molar-refractivity contribution in [1.82, 2.24) is 35.0 Å². The van der Waals surface area contributed by atoms with Crippen molar-refractivity contribution in [3.63, 3.8) is 0 Å². The summed E-state index contributed by atoms with van der Waals surface area (Å²) < 4.78 is 29.8. The molecule has 20 heteroatoms. The smallest absolute Gasteiger partial charge is 0.293 e. The van der Waals surface area contributed by atoms with Crippen LogP contribution in [0.2, 0.25) is 5.02 Å². The van der Waals surface area contributed by atoms with E-state index in [0.29, 0.717) is 41.7 Å². The Morgan fingerprint density at radius 1 is 1.00 bits per heavy atom. The Hall–Kier alpha value is -6.18. The molecule has 9 rings (SSSR count). The highest BCUT2D eigenvalue weighted by Gasteiger charge is 2.46. The van der Waals surface area contributed by atoms with Gasteiger partial charge in [0.15, 0.2) is 24.0 Å². The average Bonchev–Trinajstić information content (AvgIpc) is 3.54. The third kappa shape index (κ3) is 8.68. The second-order valence-corrected chi connectivity index (χ2v) is 18.7. The van der Waals surface area contributed by atoms with Gasteiger partial charge < -0.3 is 34.5 Å². The molecule has 6 heterocycles. The van der Waals surface area contributed by atoms with Gasteiger partial charge in [0, 0.05) is 75.4 Å². The summed E-state index contributed by atoms with van der Waals surface area (Å²) in [5.41, 5.74) is 2.21. The Bertz CT molecular complexity index is 2740. The van der Waals surface area contributed by atoms with Crippen LogP contribution < -0.4 is 36.0 Å². The van der Waals surface area contributed by atoms with Crippen LogP contribution in [-0.4, -0.2) is 131 Å². The number of amides is 5. The lowest BCUT2D eigenvalue weighted by molar-refractivity contribution is -0.136. The first-order valence-corrected chi connectivity index (χ1v) is 23.3. The van der Waals surface area contributed by atoms with Crippen molar-refractivity contribution in [2.45, 2.75) is 103 Å². The van der Waals surface area contributed by atoms with Gasteiger partial charge in [0.05, 0.1) is 40.7 Å². The Kier molecular flexibility index (Phi) is 12.7. The number of anilines is 4. The van der Waals surface area contributed by atoms with Gasteiger partial charge in [0.1, 0.15) is 11.1 Å². The van der Waals surface area contributed by atoms with Crippen LogP contribution >= 0.6 is 11.6 Å². The third-order valence-electron chi connectivity index (χ3n) is 13.8. The number of piperidine rings is 2. The molecule has 67 heavy (non-hydrogen) atoms. The molecule has 18 nitrogen and oxygen atoms in total. The summed E-state index contributed by atoms with van der Waals surface area (Å²) in [4.78, 5) is 93.5. The molecule has 5 aliphatic rings. The molecule has 3 saturated heterocycles. The number of nitrogens with zero attached hydrogens (tertiary/aromatic N) is 7. The van der Waals surface area contributed by atoms with Crippen molar-refractivity contribution >= 4 is 75.2 Å². The number of likely N-dealkylation sites (N-methyl/N-ethyl adjacent to an activating group) is 1. The zero-order valence-corrected chi connectivity index (χ0v) is 38.8. The highest BCUT2D eigenvalue weighted by Crippen LogP contribution is 2.38. The number of pyridine rings is 1. The van der Waals surface area contributed by atoms with Crippen LogP contribution in [0.4, 0.5) is 27.5 Å². The summed E-state index contributed by atoms with van der Waals surface area (Å²) in [6.07, 6.45) is 5.38. The number of benzene rings is 2. The van der Waals surface area contributed by atoms with E-state index in [-0.39, 0.29) is 70.4 Å². The van der Waals surface area contributed by atoms with E-state index in [1.54, 1.807) is 26.0 Å². The van der Waals surface area contributed by atoms with E-state index >= 15 is 4.39 Å². The molecule has 0 radical (unpaired) electrons. The molecular weight excluding hydrogens is 887 g/mol. The first-order valence-electron chi connectivity index (χ1n) is 22.9. The maximum atomic E-state index is 16.2. The minimum absolute atomic E-state index is 0.0718. The fraction of sp³-hybridized carbons (Fsp3) is 0.489. The normalized spacial score (nSPS) is 22.6. The molecule has 1 aliphatic carbocycles. The van der Waals surface area contributed by atoms with E-state index in [1.807, 2.05) is 13.0 Å². The third-order valence-corrected chi connectivity index (χ3v) is 14.0. The largest absolute Gasteiger partial charge is 0.478 e. The summed E-state index contributed by atoms with van der Waals surface area (Å²) in [6, 6.07) is 7.30. The standard InChI is InChI=1S/C47H54ClFN10O8/c1-24(2)58-35-9-7-33(41(49)31(35)20-37(45(58)64)66-23-39(61)50-5)52-42-32(48)21-51-47(54-42)55-14-12-28(13-15-55)67-29-18-27(19-29)56-16-17-57(25(3)22-56)34-8-6-30-40(26(34)4)46(65)59(44(30)63)36-10-11-38(60)53-43(36)62/h6-9,20-21,24-25,27-29,36H,10-19,22-23H2,1-5H3,(H,50,61)(H,51,52,54)(H,53,60,62)/t25-,27?,29?,36?/m1/s1. The van der Waals surface area contributed by atoms with Crippen molar-refractivity contribution in [2.75, 3.05) is 61.5 Å². The number of imide groups is 2.